The highest BCUT2D eigenvalue weighted by atomic mass is 35.5. The van der Waals surface area contributed by atoms with Crippen molar-refractivity contribution in [2.75, 3.05) is 5.32 Å². The molecule has 0 radical (unpaired) electrons. The van der Waals surface area contributed by atoms with Crippen LogP contribution in [-0.4, -0.2) is 20.3 Å². The van der Waals surface area contributed by atoms with Crippen molar-refractivity contribution in [2.24, 2.45) is 0 Å². The van der Waals surface area contributed by atoms with Gasteiger partial charge in [0, 0.05) is 27.6 Å². The van der Waals surface area contributed by atoms with Gasteiger partial charge in [0.05, 0.1) is 0 Å². The van der Waals surface area contributed by atoms with Crippen LogP contribution in [0, 0.1) is 0 Å². The van der Waals surface area contributed by atoms with Crippen LogP contribution in [0.15, 0.2) is 78.0 Å². The first-order chi connectivity index (χ1) is 15.2. The lowest BCUT2D eigenvalue weighted by Crippen LogP contribution is -2.17. The van der Waals surface area contributed by atoms with Gasteiger partial charge in [0.15, 0.2) is 11.9 Å². The summed E-state index contributed by atoms with van der Waals surface area (Å²) in [6, 6.07) is 22.4. The van der Waals surface area contributed by atoms with Crippen LogP contribution in [0.1, 0.15) is 17.4 Å². The van der Waals surface area contributed by atoms with Gasteiger partial charge in [-0.3, -0.25) is 0 Å². The molecule has 3 aromatic carbocycles. The Morgan fingerprint density at radius 2 is 1.74 bits per heavy atom. The average molecular weight is 449 g/mol. The minimum atomic E-state index is -0.499. The van der Waals surface area contributed by atoms with Gasteiger partial charge in [-0.05, 0) is 42.0 Å². The zero-order chi connectivity index (χ0) is 21.2. The lowest BCUT2D eigenvalue weighted by molar-refractivity contribution is 0.225. The normalized spacial score (nSPS) is 14.5. The van der Waals surface area contributed by atoms with Crippen LogP contribution in [0.4, 0.5) is 5.69 Å². The molecule has 1 atom stereocenters. The third kappa shape index (κ3) is 4.15. The lowest BCUT2D eigenvalue weighted by atomic mass is 10.1. The van der Waals surface area contributed by atoms with E-state index in [1.807, 2.05) is 60.7 Å². The summed E-state index contributed by atoms with van der Waals surface area (Å²) in [6.45, 7) is 0. The molecule has 6 nitrogen and oxygen atoms in total. The molecule has 4 aromatic rings. The first kappa shape index (κ1) is 19.7. The lowest BCUT2D eigenvalue weighted by Gasteiger charge is -2.19. The summed E-state index contributed by atoms with van der Waals surface area (Å²) < 4.78 is 6.24. The maximum atomic E-state index is 9.63. The summed E-state index contributed by atoms with van der Waals surface area (Å²) in [4.78, 5) is 4.64. The number of thioether (sulfide) groups is 1. The second kappa shape index (κ2) is 8.45. The van der Waals surface area contributed by atoms with Gasteiger partial charge in [-0.15, -0.1) is 10.2 Å². The fourth-order valence-electron chi connectivity index (χ4n) is 3.27. The maximum absolute atomic E-state index is 9.63. The number of aromatic hydroxyl groups is 1. The predicted molar refractivity (Wildman–Crippen MR) is 121 cm³/mol. The van der Waals surface area contributed by atoms with Crippen molar-refractivity contribution >= 4 is 29.1 Å². The Labute approximate surface area is 188 Å². The molecule has 0 saturated heterocycles. The van der Waals surface area contributed by atoms with E-state index >= 15 is 0 Å². The minimum Gasteiger partial charge on any atom is -0.508 e. The van der Waals surface area contributed by atoms with Crippen molar-refractivity contribution in [2.45, 2.75) is 17.1 Å². The molecule has 1 unspecified atom stereocenters. The Hall–Kier alpha value is -3.29. The molecule has 8 heteroatoms. The third-order valence-electron chi connectivity index (χ3n) is 4.84. The Morgan fingerprint density at radius 3 is 2.58 bits per heavy atom. The Balaban J connectivity index is 1.49. The second-order valence-corrected chi connectivity index (χ2v) is 8.26. The van der Waals surface area contributed by atoms with Crippen molar-refractivity contribution in [3.8, 4) is 22.9 Å². The zero-order valence-electron chi connectivity index (χ0n) is 16.2. The molecule has 1 aromatic heterocycles. The Kier molecular flexibility index (Phi) is 5.36. The van der Waals surface area contributed by atoms with Gasteiger partial charge >= 0.3 is 0 Å². The third-order valence-corrected chi connectivity index (χ3v) is 6.10. The predicted octanol–water partition coefficient (Wildman–Crippen LogP) is 5.69. The maximum Gasteiger partial charge on any atom is 0.247 e. The monoisotopic (exact) mass is 448 g/mol. The number of halogens is 1. The van der Waals surface area contributed by atoms with Crippen LogP contribution >= 0.6 is 23.4 Å². The van der Waals surface area contributed by atoms with Gasteiger partial charge in [0.2, 0.25) is 11.0 Å². The van der Waals surface area contributed by atoms with E-state index in [9.17, 15) is 5.11 Å². The minimum absolute atomic E-state index is 0.195. The topological polar surface area (TPSA) is 80.2 Å². The fourth-order valence-corrected chi connectivity index (χ4v) is 4.33. The van der Waals surface area contributed by atoms with Gasteiger partial charge in [-0.2, -0.15) is 4.98 Å². The van der Waals surface area contributed by atoms with Crippen LogP contribution in [0.5, 0.6) is 11.6 Å². The summed E-state index contributed by atoms with van der Waals surface area (Å²) in [6.07, 6.45) is -0.499. The van der Waals surface area contributed by atoms with Gasteiger partial charge in [0.25, 0.3) is 0 Å². The number of para-hydroxylation sites is 1. The van der Waals surface area contributed by atoms with Gasteiger partial charge in [0.1, 0.15) is 5.75 Å². The SMILES string of the molecule is Oc1ccc(C2Nc3ccccc3-c3nnc(SCc4ccccc4Cl)nc3O2)cc1. The van der Waals surface area contributed by atoms with Crippen LogP contribution in [0.25, 0.3) is 11.3 Å². The van der Waals surface area contributed by atoms with Crippen molar-refractivity contribution in [3.05, 3.63) is 88.9 Å². The highest BCUT2D eigenvalue weighted by Gasteiger charge is 2.26. The number of phenols is 1. The molecule has 31 heavy (non-hydrogen) atoms. The largest absolute Gasteiger partial charge is 0.508 e. The first-order valence-corrected chi connectivity index (χ1v) is 11.0. The number of ether oxygens (including phenoxy) is 1. The molecule has 0 bridgehead atoms. The molecule has 154 valence electrons. The molecule has 5 rings (SSSR count). The highest BCUT2D eigenvalue weighted by Crippen LogP contribution is 2.39. The van der Waals surface area contributed by atoms with E-state index in [0.29, 0.717) is 27.5 Å². The number of aromatic nitrogens is 3. The molecule has 0 fully saturated rings. The van der Waals surface area contributed by atoms with E-state index in [1.165, 1.54) is 11.8 Å². The van der Waals surface area contributed by atoms with Crippen LogP contribution in [0.3, 0.4) is 0 Å². The molecule has 0 aliphatic carbocycles. The average Bonchev–Trinajstić information content (AvgIpc) is 2.95. The van der Waals surface area contributed by atoms with Crippen molar-refractivity contribution in [1.29, 1.82) is 0 Å². The number of nitrogens with one attached hydrogen (secondary N) is 1. The summed E-state index contributed by atoms with van der Waals surface area (Å²) in [5.74, 6) is 1.21. The smallest absolute Gasteiger partial charge is 0.247 e. The number of anilines is 1. The standard InChI is InChI=1S/C23H17ClN4O2S/c24-18-7-3-1-5-15(18)13-31-23-26-22-20(27-28-23)17-6-2-4-8-19(17)25-21(30-22)14-9-11-16(29)12-10-14/h1-12,21,25,29H,13H2. The van der Waals surface area contributed by atoms with E-state index in [0.717, 1.165) is 22.4 Å². The van der Waals surface area contributed by atoms with Crippen LogP contribution in [-0.2, 0) is 5.75 Å². The van der Waals surface area contributed by atoms with Gasteiger partial charge in [-0.1, -0.05) is 59.8 Å². The number of fused-ring (bicyclic) bond motifs is 3. The Morgan fingerprint density at radius 1 is 0.968 bits per heavy atom. The summed E-state index contributed by atoms with van der Waals surface area (Å²) in [5, 5.41) is 23.0. The molecular weight excluding hydrogens is 432 g/mol. The van der Waals surface area contributed by atoms with E-state index in [-0.39, 0.29) is 5.75 Å². The van der Waals surface area contributed by atoms with Crippen LogP contribution in [0.2, 0.25) is 5.02 Å². The molecule has 1 aliphatic heterocycles. The number of hydrogen-bond acceptors (Lipinski definition) is 7. The quantitative estimate of drug-likeness (QED) is 0.388. The van der Waals surface area contributed by atoms with E-state index in [2.05, 4.69) is 20.5 Å². The molecule has 1 aliphatic rings. The second-order valence-electron chi connectivity index (χ2n) is 6.91. The number of phenolic OH excluding ortho intramolecular Hbond substituents is 1. The number of rotatable bonds is 4. The highest BCUT2D eigenvalue weighted by molar-refractivity contribution is 7.98. The first-order valence-electron chi connectivity index (χ1n) is 9.60. The summed E-state index contributed by atoms with van der Waals surface area (Å²) in [7, 11) is 0. The molecule has 0 spiro atoms. The summed E-state index contributed by atoms with van der Waals surface area (Å²) in [5.41, 5.74) is 4.16. The van der Waals surface area contributed by atoms with Crippen molar-refractivity contribution in [1.82, 2.24) is 15.2 Å². The fraction of sp³-hybridized carbons (Fsp3) is 0.0870. The molecule has 2 heterocycles. The van der Waals surface area contributed by atoms with E-state index < -0.39 is 6.23 Å². The number of hydrogen-bond donors (Lipinski definition) is 2. The Bertz CT molecular complexity index is 1240. The summed E-state index contributed by atoms with van der Waals surface area (Å²) >= 11 is 7.71. The van der Waals surface area contributed by atoms with Gasteiger partial charge < -0.3 is 15.2 Å². The molecule has 0 amide bonds. The zero-order valence-corrected chi connectivity index (χ0v) is 17.8. The number of nitrogens with zero attached hydrogens (tertiary/aromatic N) is 3. The van der Waals surface area contributed by atoms with E-state index in [1.54, 1.807) is 12.1 Å². The molecule has 0 saturated carbocycles. The van der Waals surface area contributed by atoms with E-state index in [4.69, 9.17) is 16.3 Å². The van der Waals surface area contributed by atoms with Gasteiger partial charge in [-0.25, -0.2) is 0 Å². The molecular formula is C23H17ClN4O2S. The van der Waals surface area contributed by atoms with Crippen molar-refractivity contribution < 1.29 is 9.84 Å². The van der Waals surface area contributed by atoms with Crippen LogP contribution < -0.4 is 10.1 Å². The molecule has 2 N–H and O–H groups in total. The van der Waals surface area contributed by atoms with Crippen molar-refractivity contribution in [3.63, 3.8) is 0 Å². The number of benzene rings is 3.